The average molecular weight is 749 g/mol. The number of thioether (sulfide) groups is 1. The van der Waals surface area contributed by atoms with Crippen LogP contribution < -0.4 is 9.80 Å². The van der Waals surface area contributed by atoms with E-state index in [-0.39, 0.29) is 16.7 Å². The van der Waals surface area contributed by atoms with Crippen LogP contribution in [-0.4, -0.2) is 11.3 Å². The lowest BCUT2D eigenvalue weighted by Gasteiger charge is -2.42. The van der Waals surface area contributed by atoms with Crippen molar-refractivity contribution in [3.8, 4) is 11.8 Å². The fourth-order valence-corrected chi connectivity index (χ4v) is 12.7. The lowest BCUT2D eigenvalue weighted by atomic mass is 9.73. The van der Waals surface area contributed by atoms with E-state index in [1.165, 1.54) is 79.6 Å². The van der Waals surface area contributed by atoms with E-state index in [4.69, 9.17) is 0 Å². The molecule has 4 aliphatic rings. The fraction of sp³-hybridized carbons (Fsp3) is 0.143. The van der Waals surface area contributed by atoms with E-state index in [1.54, 1.807) is 0 Å². The number of para-hydroxylation sites is 1. The summed E-state index contributed by atoms with van der Waals surface area (Å²) in [5.74, 6) is 6.92. The third-order valence-electron chi connectivity index (χ3n) is 11.6. The Balaban J connectivity index is 1.07. The summed E-state index contributed by atoms with van der Waals surface area (Å²) in [7, 11) is 0. The molecule has 3 unspecified atom stereocenters. The Morgan fingerprint density at radius 3 is 2.41 bits per heavy atom. The summed E-state index contributed by atoms with van der Waals surface area (Å²) < 4.78 is 3.96. The zero-order valence-electron chi connectivity index (χ0n) is 29.8. The Labute approximate surface area is 328 Å². The molecule has 3 atom stereocenters. The molecule has 0 spiro atoms. The average Bonchev–Trinajstić information content (AvgIpc) is 3.88. The number of hydrogen-bond donors (Lipinski definition) is 0. The van der Waals surface area contributed by atoms with Crippen molar-refractivity contribution in [1.29, 1.82) is 0 Å². The van der Waals surface area contributed by atoms with E-state index in [1.807, 2.05) is 34.4 Å². The fourth-order valence-electron chi connectivity index (χ4n) is 8.91. The standard InChI is InChI=1S/C49H36N2S3/c1-49-41-27-24-35(50(32-13-4-2-5-14-32)33-15-6-3-7-16-33)31-46(41)54-48(49)22-12-21-47(49)51(34-25-28-44-40(29-34)38-18-9-11-20-43(38)52-44)36-23-26-39-37-17-8-10-19-42(37)53-45(39)30-36/h2-8,10,12-15,17,19,21-31,33,48H,11,16,20H2,1H3. The van der Waals surface area contributed by atoms with Gasteiger partial charge < -0.3 is 9.80 Å². The number of rotatable bonds is 6. The molecule has 3 aliphatic carbocycles. The van der Waals surface area contributed by atoms with Crippen molar-refractivity contribution in [3.05, 3.63) is 173 Å². The molecule has 0 saturated heterocycles. The van der Waals surface area contributed by atoms with E-state index in [2.05, 4.69) is 180 Å². The third-order valence-corrected chi connectivity index (χ3v) is 15.4. The lowest BCUT2D eigenvalue weighted by Crippen LogP contribution is -2.40. The topological polar surface area (TPSA) is 6.48 Å². The van der Waals surface area contributed by atoms with Gasteiger partial charge in [0, 0.05) is 91.1 Å². The lowest BCUT2D eigenvalue weighted by molar-refractivity contribution is 0.567. The number of benzene rings is 5. The second-order valence-electron chi connectivity index (χ2n) is 14.7. The molecule has 5 heteroatoms. The second-order valence-corrected chi connectivity index (χ2v) is 18.1. The number of fused-ring (bicyclic) bond motifs is 9. The van der Waals surface area contributed by atoms with Gasteiger partial charge in [-0.1, -0.05) is 96.8 Å². The zero-order valence-corrected chi connectivity index (χ0v) is 32.3. The minimum atomic E-state index is -0.268. The molecule has 3 heterocycles. The molecule has 5 aromatic carbocycles. The van der Waals surface area contributed by atoms with Crippen LogP contribution in [0.3, 0.4) is 0 Å². The first-order valence-corrected chi connectivity index (χ1v) is 21.3. The van der Waals surface area contributed by atoms with Gasteiger partial charge in [-0.3, -0.25) is 0 Å². The summed E-state index contributed by atoms with van der Waals surface area (Å²) in [6.45, 7) is 2.47. The van der Waals surface area contributed by atoms with Crippen LogP contribution in [0.15, 0.2) is 162 Å². The third kappa shape index (κ3) is 5.01. The minimum absolute atomic E-state index is 0.254. The Bertz CT molecular complexity index is 2840. The Kier molecular flexibility index (Phi) is 7.56. The highest BCUT2D eigenvalue weighted by molar-refractivity contribution is 8.00. The maximum atomic E-state index is 3.52. The molecular formula is C49H36N2S3. The molecule has 0 fully saturated rings. The zero-order chi connectivity index (χ0) is 35.8. The van der Waals surface area contributed by atoms with Gasteiger partial charge in [-0.05, 0) is 92.1 Å². The van der Waals surface area contributed by atoms with Crippen LogP contribution in [-0.2, 0) is 11.8 Å². The van der Waals surface area contributed by atoms with Crippen molar-refractivity contribution in [2.75, 3.05) is 9.80 Å². The molecule has 1 aliphatic heterocycles. The summed E-state index contributed by atoms with van der Waals surface area (Å²) in [6, 6.07) is 41.3. The molecule has 0 N–H and O–H groups in total. The predicted octanol–water partition coefficient (Wildman–Crippen LogP) is 13.6. The van der Waals surface area contributed by atoms with Crippen LogP contribution in [0, 0.1) is 11.8 Å². The summed E-state index contributed by atoms with van der Waals surface area (Å²) in [5.41, 5.74) is 8.46. The van der Waals surface area contributed by atoms with E-state index in [0.717, 1.165) is 19.3 Å². The van der Waals surface area contributed by atoms with Gasteiger partial charge in [0.15, 0.2) is 0 Å². The van der Waals surface area contributed by atoms with E-state index >= 15 is 0 Å². The van der Waals surface area contributed by atoms with Crippen LogP contribution in [0.2, 0.25) is 0 Å². The molecule has 0 saturated carbocycles. The molecule has 2 nitrogen and oxygen atoms in total. The van der Waals surface area contributed by atoms with Gasteiger partial charge in [-0.25, -0.2) is 0 Å². The first-order valence-electron chi connectivity index (χ1n) is 18.8. The predicted molar refractivity (Wildman–Crippen MR) is 234 cm³/mol. The monoisotopic (exact) mass is 748 g/mol. The highest BCUT2D eigenvalue weighted by Crippen LogP contribution is 2.58. The molecule has 0 amide bonds. The van der Waals surface area contributed by atoms with Gasteiger partial charge >= 0.3 is 0 Å². The van der Waals surface area contributed by atoms with Crippen LogP contribution in [0.25, 0.3) is 30.3 Å². The van der Waals surface area contributed by atoms with Crippen molar-refractivity contribution in [3.63, 3.8) is 0 Å². The summed E-state index contributed by atoms with van der Waals surface area (Å²) in [6.07, 6.45) is 19.0. The number of nitrogens with zero attached hydrogens (tertiary/aromatic N) is 2. The molecule has 7 aromatic rings. The SMILES string of the molecule is CC12C(N(c3ccc4c(c3)sc3ccccc34)c3ccc4sc5c(c4c3)C#CCC5)=CC=CC1Sc1cc(N(c3ccccc3)C3C=CC=CC3)ccc12. The van der Waals surface area contributed by atoms with Crippen LogP contribution in [0.4, 0.5) is 22.7 Å². The molecule has 54 heavy (non-hydrogen) atoms. The first kappa shape index (κ1) is 32.2. The number of aryl methyl sites for hydroxylation is 1. The van der Waals surface area contributed by atoms with Crippen LogP contribution >= 0.6 is 34.4 Å². The summed E-state index contributed by atoms with van der Waals surface area (Å²) in [4.78, 5) is 7.83. The molecule has 0 radical (unpaired) electrons. The van der Waals surface area contributed by atoms with Gasteiger partial charge in [0.1, 0.15) is 0 Å². The van der Waals surface area contributed by atoms with Crippen LogP contribution in [0.1, 0.15) is 35.8 Å². The maximum Gasteiger partial charge on any atom is 0.0559 e. The maximum absolute atomic E-state index is 3.52. The number of hydrogen-bond acceptors (Lipinski definition) is 5. The number of anilines is 4. The quantitative estimate of drug-likeness (QED) is 0.156. The summed E-state index contributed by atoms with van der Waals surface area (Å²) >= 11 is 5.80. The second kappa shape index (κ2) is 12.7. The van der Waals surface area contributed by atoms with Gasteiger partial charge in [-0.15, -0.1) is 34.4 Å². The number of allylic oxidation sites excluding steroid dienone is 5. The Morgan fingerprint density at radius 2 is 1.50 bits per heavy atom. The van der Waals surface area contributed by atoms with E-state index in [0.29, 0.717) is 0 Å². The summed E-state index contributed by atoms with van der Waals surface area (Å²) in [5, 5.41) is 4.18. The van der Waals surface area contributed by atoms with E-state index in [9.17, 15) is 0 Å². The largest absolute Gasteiger partial charge is 0.334 e. The molecular weight excluding hydrogens is 713 g/mol. The van der Waals surface area contributed by atoms with Gasteiger partial charge in [-0.2, -0.15) is 0 Å². The first-order chi connectivity index (χ1) is 26.6. The number of thiophene rings is 2. The van der Waals surface area contributed by atoms with E-state index < -0.39 is 0 Å². The molecule has 0 bridgehead atoms. The smallest absolute Gasteiger partial charge is 0.0559 e. The van der Waals surface area contributed by atoms with Crippen molar-refractivity contribution in [1.82, 2.24) is 0 Å². The van der Waals surface area contributed by atoms with Crippen LogP contribution in [0.5, 0.6) is 0 Å². The molecule has 260 valence electrons. The van der Waals surface area contributed by atoms with Gasteiger partial charge in [0.25, 0.3) is 0 Å². The molecule has 11 rings (SSSR count). The Hall–Kier alpha value is -5.25. The van der Waals surface area contributed by atoms with Gasteiger partial charge in [0.05, 0.1) is 6.04 Å². The molecule has 2 aromatic heterocycles. The highest BCUT2D eigenvalue weighted by Gasteiger charge is 2.49. The van der Waals surface area contributed by atoms with Crippen molar-refractivity contribution in [2.45, 2.75) is 47.8 Å². The normalized spacial score (nSPS) is 20.7. The van der Waals surface area contributed by atoms with Gasteiger partial charge in [0.2, 0.25) is 0 Å². The Morgan fingerprint density at radius 1 is 0.685 bits per heavy atom. The minimum Gasteiger partial charge on any atom is -0.334 e. The van der Waals surface area contributed by atoms with Crippen molar-refractivity contribution < 1.29 is 0 Å². The van der Waals surface area contributed by atoms with Crippen molar-refractivity contribution >= 4 is 87.4 Å². The van der Waals surface area contributed by atoms with Crippen molar-refractivity contribution in [2.24, 2.45) is 0 Å². The highest BCUT2D eigenvalue weighted by atomic mass is 32.2.